The largest absolute Gasteiger partial charge is 0.462 e. The van der Waals surface area contributed by atoms with E-state index in [-0.39, 0.29) is 34.8 Å². The van der Waals surface area contributed by atoms with Gasteiger partial charge in [-0.1, -0.05) is 23.7 Å². The molecular formula is C22H24ClFN2O3. The van der Waals surface area contributed by atoms with Crippen molar-refractivity contribution < 1.29 is 18.7 Å². The summed E-state index contributed by atoms with van der Waals surface area (Å²) in [5.41, 5.74) is 1.76. The highest BCUT2D eigenvalue weighted by Gasteiger charge is 2.26. The Morgan fingerprint density at radius 1 is 1.24 bits per heavy atom. The van der Waals surface area contributed by atoms with E-state index in [0.717, 1.165) is 24.9 Å². The number of hydrogen-bond donors (Lipinski definition) is 1. The van der Waals surface area contributed by atoms with E-state index in [1.807, 2.05) is 0 Å². The van der Waals surface area contributed by atoms with Gasteiger partial charge in [0, 0.05) is 18.8 Å². The van der Waals surface area contributed by atoms with E-state index in [4.69, 9.17) is 16.3 Å². The molecule has 2 aromatic carbocycles. The van der Waals surface area contributed by atoms with Crippen molar-refractivity contribution in [3.8, 4) is 0 Å². The molecule has 0 radical (unpaired) electrons. The minimum absolute atomic E-state index is 0.0917. The zero-order chi connectivity index (χ0) is 20.8. The van der Waals surface area contributed by atoms with Crippen LogP contribution in [0.3, 0.4) is 0 Å². The molecule has 0 saturated carbocycles. The molecule has 2 aromatic rings. The number of benzene rings is 2. The molecule has 0 aliphatic carbocycles. The summed E-state index contributed by atoms with van der Waals surface area (Å²) in [4.78, 5) is 27.0. The van der Waals surface area contributed by atoms with Crippen LogP contribution in [0, 0.1) is 11.7 Å². The van der Waals surface area contributed by atoms with Crippen LogP contribution in [0.4, 0.5) is 10.1 Å². The van der Waals surface area contributed by atoms with E-state index >= 15 is 0 Å². The first-order valence-corrected chi connectivity index (χ1v) is 10.1. The van der Waals surface area contributed by atoms with Crippen LogP contribution in [0.1, 0.15) is 35.7 Å². The first-order chi connectivity index (χ1) is 14.0. The van der Waals surface area contributed by atoms with Crippen molar-refractivity contribution in [1.82, 2.24) is 4.90 Å². The van der Waals surface area contributed by atoms with Crippen molar-refractivity contribution in [2.75, 3.05) is 25.0 Å². The number of nitrogens with one attached hydrogen (secondary N) is 1. The van der Waals surface area contributed by atoms with Gasteiger partial charge < -0.3 is 10.1 Å². The van der Waals surface area contributed by atoms with Gasteiger partial charge in [0.2, 0.25) is 5.91 Å². The summed E-state index contributed by atoms with van der Waals surface area (Å²) in [5.74, 6) is -1.02. The summed E-state index contributed by atoms with van der Waals surface area (Å²) < 4.78 is 18.1. The molecule has 7 heteroatoms. The number of likely N-dealkylation sites (tertiary alicyclic amines) is 1. The fourth-order valence-corrected chi connectivity index (χ4v) is 3.67. The molecule has 1 heterocycles. The van der Waals surface area contributed by atoms with Crippen LogP contribution in [0.15, 0.2) is 42.5 Å². The smallest absolute Gasteiger partial charge is 0.339 e. The zero-order valence-electron chi connectivity index (χ0n) is 16.3. The number of anilines is 1. The molecule has 1 N–H and O–H groups in total. The highest BCUT2D eigenvalue weighted by Crippen LogP contribution is 2.24. The Bertz CT molecular complexity index is 873. The molecule has 1 aliphatic heterocycles. The van der Waals surface area contributed by atoms with Gasteiger partial charge in [0.05, 0.1) is 23.1 Å². The lowest BCUT2D eigenvalue weighted by molar-refractivity contribution is -0.121. The average molecular weight is 419 g/mol. The van der Waals surface area contributed by atoms with E-state index in [2.05, 4.69) is 10.2 Å². The number of hydrogen-bond acceptors (Lipinski definition) is 4. The number of esters is 1. The molecule has 0 spiro atoms. The molecule has 5 nitrogen and oxygen atoms in total. The molecule has 3 rings (SSSR count). The lowest BCUT2D eigenvalue weighted by Gasteiger charge is -2.32. The second-order valence-corrected chi connectivity index (χ2v) is 7.51. The van der Waals surface area contributed by atoms with Crippen molar-refractivity contribution in [2.24, 2.45) is 5.92 Å². The maximum absolute atomic E-state index is 13.1. The van der Waals surface area contributed by atoms with Crippen LogP contribution in [-0.4, -0.2) is 36.5 Å². The number of rotatable bonds is 6. The molecule has 1 aliphatic rings. The maximum atomic E-state index is 13.1. The van der Waals surface area contributed by atoms with Gasteiger partial charge in [-0.05, 0) is 62.2 Å². The van der Waals surface area contributed by atoms with Crippen molar-refractivity contribution in [2.45, 2.75) is 26.3 Å². The normalized spacial score (nSPS) is 17.0. The highest BCUT2D eigenvalue weighted by atomic mass is 35.5. The predicted molar refractivity (Wildman–Crippen MR) is 110 cm³/mol. The summed E-state index contributed by atoms with van der Waals surface area (Å²) in [6, 6.07) is 11.2. The van der Waals surface area contributed by atoms with E-state index in [9.17, 15) is 14.0 Å². The molecule has 0 aromatic heterocycles. The molecule has 1 saturated heterocycles. The number of carbonyl (C=O) groups excluding carboxylic acids is 2. The molecule has 0 bridgehead atoms. The number of piperidine rings is 1. The lowest BCUT2D eigenvalue weighted by Crippen LogP contribution is -2.40. The van der Waals surface area contributed by atoms with Gasteiger partial charge in [-0.15, -0.1) is 0 Å². The summed E-state index contributed by atoms with van der Waals surface area (Å²) in [7, 11) is 0. The maximum Gasteiger partial charge on any atom is 0.339 e. The number of amides is 1. The van der Waals surface area contributed by atoms with Crippen molar-refractivity contribution in [1.29, 1.82) is 0 Å². The second kappa shape index (κ2) is 9.85. The third-order valence-electron chi connectivity index (χ3n) is 4.92. The Hall–Kier alpha value is -2.44. The summed E-state index contributed by atoms with van der Waals surface area (Å²) in [5, 5.41) is 3.17. The lowest BCUT2D eigenvalue weighted by atomic mass is 9.96. The predicted octanol–water partition coefficient (Wildman–Crippen LogP) is 4.51. The molecule has 1 fully saturated rings. The van der Waals surface area contributed by atoms with E-state index in [0.29, 0.717) is 18.8 Å². The van der Waals surface area contributed by atoms with Gasteiger partial charge in [0.25, 0.3) is 0 Å². The number of nitrogens with zero attached hydrogens (tertiary/aromatic N) is 1. The molecule has 1 amide bonds. The summed E-state index contributed by atoms with van der Waals surface area (Å²) >= 11 is 6.07. The third-order valence-corrected chi connectivity index (χ3v) is 5.25. The minimum Gasteiger partial charge on any atom is -0.462 e. The Morgan fingerprint density at radius 2 is 2.00 bits per heavy atom. The Labute approximate surface area is 174 Å². The van der Waals surface area contributed by atoms with Crippen LogP contribution in [0.5, 0.6) is 0 Å². The SMILES string of the molecule is CCOC(=O)c1cc(NC(=O)[C@@H]2CCCN(Cc3ccc(F)cc3)C2)ccc1Cl. The topological polar surface area (TPSA) is 58.6 Å². The van der Waals surface area contributed by atoms with Gasteiger partial charge in [-0.25, -0.2) is 9.18 Å². The van der Waals surface area contributed by atoms with Gasteiger partial charge in [-0.2, -0.15) is 0 Å². The molecular weight excluding hydrogens is 395 g/mol. The second-order valence-electron chi connectivity index (χ2n) is 7.11. The number of halogens is 2. The van der Waals surface area contributed by atoms with Crippen LogP contribution in [0.25, 0.3) is 0 Å². The van der Waals surface area contributed by atoms with Crippen LogP contribution in [-0.2, 0) is 16.1 Å². The van der Waals surface area contributed by atoms with Crippen molar-refractivity contribution in [3.05, 3.63) is 64.4 Å². The Balaban J connectivity index is 1.62. The van der Waals surface area contributed by atoms with Gasteiger partial charge in [0.1, 0.15) is 5.82 Å². The van der Waals surface area contributed by atoms with E-state index < -0.39 is 5.97 Å². The fourth-order valence-electron chi connectivity index (χ4n) is 3.47. The standard InChI is InChI=1S/C22H24ClFN2O3/c1-2-29-22(28)19-12-18(9-10-20(19)23)25-21(27)16-4-3-11-26(14-16)13-15-5-7-17(24)8-6-15/h5-10,12,16H,2-4,11,13-14H2,1H3,(H,25,27)/t16-/m1/s1. The molecule has 29 heavy (non-hydrogen) atoms. The van der Waals surface area contributed by atoms with Crippen molar-refractivity contribution in [3.63, 3.8) is 0 Å². The Morgan fingerprint density at radius 3 is 2.72 bits per heavy atom. The summed E-state index contributed by atoms with van der Waals surface area (Å²) in [6.45, 7) is 4.17. The van der Waals surface area contributed by atoms with E-state index in [1.165, 1.54) is 18.2 Å². The van der Waals surface area contributed by atoms with Gasteiger partial charge in [-0.3, -0.25) is 9.69 Å². The zero-order valence-corrected chi connectivity index (χ0v) is 17.0. The quantitative estimate of drug-likeness (QED) is 0.701. The average Bonchev–Trinajstić information content (AvgIpc) is 2.71. The highest BCUT2D eigenvalue weighted by molar-refractivity contribution is 6.33. The van der Waals surface area contributed by atoms with E-state index in [1.54, 1.807) is 31.2 Å². The third kappa shape index (κ3) is 5.78. The molecule has 154 valence electrons. The van der Waals surface area contributed by atoms with Crippen molar-refractivity contribution >= 4 is 29.2 Å². The Kier molecular flexibility index (Phi) is 7.23. The number of carbonyl (C=O) groups is 2. The monoisotopic (exact) mass is 418 g/mol. The molecule has 1 atom stereocenters. The van der Waals surface area contributed by atoms with Crippen LogP contribution < -0.4 is 5.32 Å². The van der Waals surface area contributed by atoms with Gasteiger partial charge >= 0.3 is 5.97 Å². The fraction of sp³-hybridized carbons (Fsp3) is 0.364. The number of ether oxygens (including phenoxy) is 1. The summed E-state index contributed by atoms with van der Waals surface area (Å²) in [6.07, 6.45) is 1.71. The van der Waals surface area contributed by atoms with Crippen LogP contribution >= 0.6 is 11.6 Å². The van der Waals surface area contributed by atoms with Crippen LogP contribution in [0.2, 0.25) is 5.02 Å². The first kappa shape index (κ1) is 21.3. The minimum atomic E-state index is -0.517. The van der Waals surface area contributed by atoms with Gasteiger partial charge in [0.15, 0.2) is 0 Å². The molecule has 0 unspecified atom stereocenters. The first-order valence-electron chi connectivity index (χ1n) is 9.70.